The van der Waals surface area contributed by atoms with Crippen molar-refractivity contribution in [3.63, 3.8) is 0 Å². The molecule has 0 amide bonds. The Balaban J connectivity index is 3.14. The van der Waals surface area contributed by atoms with Crippen LogP contribution in [0.15, 0.2) is 17.0 Å². The Kier molecular flexibility index (Phi) is 4.83. The number of sulfonamides is 1. The molecule has 1 aromatic rings. The van der Waals surface area contributed by atoms with Crippen molar-refractivity contribution in [1.82, 2.24) is 4.72 Å². The maximum absolute atomic E-state index is 13.5. The van der Waals surface area contributed by atoms with Crippen LogP contribution in [0.25, 0.3) is 0 Å². The molecule has 8 heteroatoms. The lowest BCUT2D eigenvalue weighted by Crippen LogP contribution is -2.38. The van der Waals surface area contributed by atoms with Crippen LogP contribution in [0.4, 0.5) is 14.5 Å². The summed E-state index contributed by atoms with van der Waals surface area (Å²) >= 11 is 0. The van der Waals surface area contributed by atoms with Gasteiger partial charge in [-0.2, -0.15) is 0 Å². The van der Waals surface area contributed by atoms with Gasteiger partial charge in [0, 0.05) is 18.3 Å². The number of benzene rings is 1. The van der Waals surface area contributed by atoms with Crippen molar-refractivity contribution in [3.05, 3.63) is 23.8 Å². The summed E-state index contributed by atoms with van der Waals surface area (Å²) in [5, 5.41) is 8.93. The second-order valence-electron chi connectivity index (χ2n) is 4.38. The number of aliphatic hydroxyl groups excluding tert-OH is 1. The number of nitrogens with one attached hydrogen (secondary N) is 1. The smallest absolute Gasteiger partial charge is 0.243 e. The molecule has 0 spiro atoms. The van der Waals surface area contributed by atoms with Gasteiger partial charge in [0.15, 0.2) is 11.6 Å². The number of anilines is 1. The Labute approximate surface area is 110 Å². The number of nitrogens with two attached hydrogens (primary N) is 1. The molecule has 0 heterocycles. The van der Waals surface area contributed by atoms with E-state index in [2.05, 4.69) is 4.72 Å². The second kappa shape index (κ2) is 5.81. The molecule has 1 aromatic carbocycles. The molecule has 0 fully saturated rings. The van der Waals surface area contributed by atoms with E-state index in [-0.39, 0.29) is 18.2 Å². The van der Waals surface area contributed by atoms with Gasteiger partial charge in [0.1, 0.15) is 4.90 Å². The number of halogens is 2. The van der Waals surface area contributed by atoms with Gasteiger partial charge in [-0.25, -0.2) is 21.9 Å². The van der Waals surface area contributed by atoms with Crippen LogP contribution >= 0.6 is 0 Å². The van der Waals surface area contributed by atoms with Gasteiger partial charge in [0.25, 0.3) is 0 Å². The van der Waals surface area contributed by atoms with Gasteiger partial charge in [0.05, 0.1) is 0 Å². The molecular weight excluding hydrogens is 278 g/mol. The SMILES string of the molecule is CC(CO)C(C)NS(=O)(=O)c1cc(N)cc(F)c1F. The van der Waals surface area contributed by atoms with Gasteiger partial charge < -0.3 is 10.8 Å². The van der Waals surface area contributed by atoms with Gasteiger partial charge in [-0.3, -0.25) is 0 Å². The molecule has 4 N–H and O–H groups in total. The molecule has 5 nitrogen and oxygen atoms in total. The predicted molar refractivity (Wildman–Crippen MR) is 66.8 cm³/mol. The first-order valence-electron chi connectivity index (χ1n) is 5.56. The van der Waals surface area contributed by atoms with Crippen molar-refractivity contribution in [1.29, 1.82) is 0 Å². The lowest BCUT2D eigenvalue weighted by atomic mass is 10.1. The average Bonchev–Trinajstić information content (AvgIpc) is 2.31. The Bertz CT molecular complexity index is 563. The fourth-order valence-electron chi connectivity index (χ4n) is 1.36. The zero-order valence-electron chi connectivity index (χ0n) is 10.5. The summed E-state index contributed by atoms with van der Waals surface area (Å²) in [6, 6.07) is 0.907. The molecule has 2 unspecified atom stereocenters. The third kappa shape index (κ3) is 3.62. The van der Waals surface area contributed by atoms with Crippen molar-refractivity contribution < 1.29 is 22.3 Å². The highest BCUT2D eigenvalue weighted by atomic mass is 32.2. The van der Waals surface area contributed by atoms with E-state index in [0.717, 1.165) is 6.07 Å². The molecule has 0 aromatic heterocycles. The number of hydrogen-bond donors (Lipinski definition) is 3. The number of hydrogen-bond acceptors (Lipinski definition) is 4. The van der Waals surface area contributed by atoms with Crippen LogP contribution < -0.4 is 10.5 Å². The molecule has 2 atom stereocenters. The quantitative estimate of drug-likeness (QED) is 0.702. The minimum Gasteiger partial charge on any atom is -0.399 e. The van der Waals surface area contributed by atoms with Gasteiger partial charge >= 0.3 is 0 Å². The minimum atomic E-state index is -4.25. The molecule has 0 bridgehead atoms. The highest BCUT2D eigenvalue weighted by Crippen LogP contribution is 2.21. The minimum absolute atomic E-state index is 0.192. The maximum atomic E-state index is 13.5. The van der Waals surface area contributed by atoms with Crippen molar-refractivity contribution in [3.8, 4) is 0 Å². The highest BCUT2D eigenvalue weighted by molar-refractivity contribution is 7.89. The van der Waals surface area contributed by atoms with Crippen LogP contribution in [-0.4, -0.2) is 26.2 Å². The lowest BCUT2D eigenvalue weighted by molar-refractivity contribution is 0.216. The Hall–Kier alpha value is -1.25. The van der Waals surface area contributed by atoms with E-state index >= 15 is 0 Å². The summed E-state index contributed by atoms with van der Waals surface area (Å²) in [6.07, 6.45) is 0. The van der Waals surface area contributed by atoms with E-state index < -0.39 is 32.6 Å². The van der Waals surface area contributed by atoms with Crippen molar-refractivity contribution in [2.24, 2.45) is 5.92 Å². The third-order valence-corrected chi connectivity index (χ3v) is 4.35. The van der Waals surface area contributed by atoms with E-state index in [9.17, 15) is 17.2 Å². The zero-order valence-corrected chi connectivity index (χ0v) is 11.3. The van der Waals surface area contributed by atoms with Crippen LogP contribution in [0.5, 0.6) is 0 Å². The molecule has 1 rings (SSSR count). The molecule has 108 valence electrons. The number of rotatable bonds is 5. The van der Waals surface area contributed by atoms with Crippen LogP contribution in [0.2, 0.25) is 0 Å². The normalized spacial score (nSPS) is 15.2. The molecule has 0 saturated carbocycles. The van der Waals surface area contributed by atoms with E-state index in [1.54, 1.807) is 6.92 Å². The van der Waals surface area contributed by atoms with Gasteiger partial charge in [0.2, 0.25) is 10.0 Å². The fourth-order valence-corrected chi connectivity index (χ4v) is 2.84. The largest absolute Gasteiger partial charge is 0.399 e. The van der Waals surface area contributed by atoms with Gasteiger partial charge in [-0.05, 0) is 25.0 Å². The van der Waals surface area contributed by atoms with E-state index in [1.807, 2.05) is 0 Å². The molecule has 0 aliphatic carbocycles. The molecule has 0 aliphatic heterocycles. The first-order valence-corrected chi connectivity index (χ1v) is 7.05. The molecule has 19 heavy (non-hydrogen) atoms. The van der Waals surface area contributed by atoms with Crippen LogP contribution in [0, 0.1) is 17.6 Å². The second-order valence-corrected chi connectivity index (χ2v) is 6.07. The third-order valence-electron chi connectivity index (χ3n) is 2.79. The van der Waals surface area contributed by atoms with E-state index in [1.165, 1.54) is 6.92 Å². The standard InChI is InChI=1S/C11H16F2N2O3S/c1-6(5-16)7(2)15-19(17,18)10-4-8(14)3-9(12)11(10)13/h3-4,6-7,15-16H,5,14H2,1-2H3. The zero-order chi connectivity index (χ0) is 14.8. The van der Waals surface area contributed by atoms with Gasteiger partial charge in [-0.1, -0.05) is 6.92 Å². The van der Waals surface area contributed by atoms with Crippen LogP contribution in [-0.2, 0) is 10.0 Å². The summed E-state index contributed by atoms with van der Waals surface area (Å²) < 4.78 is 52.7. The highest BCUT2D eigenvalue weighted by Gasteiger charge is 2.26. The van der Waals surface area contributed by atoms with Crippen LogP contribution in [0.3, 0.4) is 0 Å². The molecule has 0 radical (unpaired) electrons. The predicted octanol–water partition coefficient (Wildman–Crippen LogP) is 0.842. The molecule has 0 aliphatic rings. The first kappa shape index (κ1) is 15.8. The maximum Gasteiger partial charge on any atom is 0.243 e. The topological polar surface area (TPSA) is 92.4 Å². The molecular formula is C11H16F2N2O3S. The van der Waals surface area contributed by atoms with Crippen molar-refractivity contribution >= 4 is 15.7 Å². The fraction of sp³-hybridized carbons (Fsp3) is 0.455. The first-order chi connectivity index (χ1) is 8.69. The summed E-state index contributed by atoms with van der Waals surface area (Å²) in [7, 11) is -4.25. The Morgan fingerprint density at radius 1 is 1.37 bits per heavy atom. The van der Waals surface area contributed by atoms with Crippen molar-refractivity contribution in [2.75, 3.05) is 12.3 Å². The number of aliphatic hydroxyl groups is 1. The monoisotopic (exact) mass is 294 g/mol. The van der Waals surface area contributed by atoms with E-state index in [4.69, 9.17) is 10.8 Å². The lowest BCUT2D eigenvalue weighted by Gasteiger charge is -2.19. The van der Waals surface area contributed by atoms with Crippen molar-refractivity contribution in [2.45, 2.75) is 24.8 Å². The summed E-state index contributed by atoms with van der Waals surface area (Å²) in [5.41, 5.74) is 5.11. The Morgan fingerprint density at radius 2 is 1.95 bits per heavy atom. The summed E-state index contributed by atoms with van der Waals surface area (Å²) in [6.45, 7) is 2.89. The van der Waals surface area contributed by atoms with Gasteiger partial charge in [-0.15, -0.1) is 0 Å². The van der Waals surface area contributed by atoms with E-state index in [0.29, 0.717) is 6.07 Å². The van der Waals surface area contributed by atoms with Crippen LogP contribution in [0.1, 0.15) is 13.8 Å². The molecule has 0 saturated heterocycles. The summed E-state index contributed by atoms with van der Waals surface area (Å²) in [5.74, 6) is -3.18. The summed E-state index contributed by atoms with van der Waals surface area (Å²) in [4.78, 5) is -0.845. The number of nitrogen functional groups attached to an aromatic ring is 1. The average molecular weight is 294 g/mol. The Morgan fingerprint density at radius 3 is 2.47 bits per heavy atom.